The monoisotopic (exact) mass is 334 g/mol. The number of carbonyl (C=O) groups is 1. The molecule has 0 aliphatic carbocycles. The molecule has 3 N–H and O–H groups in total. The van der Waals surface area contributed by atoms with Crippen LogP contribution in [0.1, 0.15) is 25.8 Å². The largest absolute Gasteiger partial charge is 0.309 e. The summed E-state index contributed by atoms with van der Waals surface area (Å²) in [7, 11) is -3.43. The molecule has 0 bridgehead atoms. The second-order valence-electron chi connectivity index (χ2n) is 4.47. The fourth-order valence-corrected chi connectivity index (χ4v) is 2.97. The van der Waals surface area contributed by atoms with Crippen molar-refractivity contribution in [3.8, 4) is 0 Å². The molecule has 0 fully saturated rings. The number of nitrogens with zero attached hydrogens (tertiary/aromatic N) is 1. The number of nitrogens with one attached hydrogen (secondary N) is 3. The molecule has 0 aromatic carbocycles. The predicted molar refractivity (Wildman–Crippen MR) is 86.0 cm³/mol. The van der Waals surface area contributed by atoms with Crippen LogP contribution in [0.15, 0.2) is 6.20 Å². The molecule has 1 unspecified atom stereocenters. The van der Waals surface area contributed by atoms with Crippen LogP contribution in [0.5, 0.6) is 0 Å². The van der Waals surface area contributed by atoms with Gasteiger partial charge < -0.3 is 5.32 Å². The summed E-state index contributed by atoms with van der Waals surface area (Å²) in [5, 5.41) is 9.29. The molecule has 1 aromatic heterocycles. The first-order valence-electron chi connectivity index (χ1n) is 6.75. The van der Waals surface area contributed by atoms with E-state index in [1.165, 1.54) is 6.92 Å². The van der Waals surface area contributed by atoms with Crippen LogP contribution in [-0.4, -0.2) is 48.3 Å². The second kappa shape index (κ2) is 8.40. The molecule has 0 saturated heterocycles. The zero-order valence-corrected chi connectivity index (χ0v) is 14.1. The molecule has 1 atom stereocenters. The van der Waals surface area contributed by atoms with Crippen LogP contribution in [0.3, 0.4) is 0 Å². The lowest BCUT2D eigenvalue weighted by molar-refractivity contribution is -0.117. The van der Waals surface area contributed by atoms with Crippen molar-refractivity contribution >= 4 is 33.5 Å². The van der Waals surface area contributed by atoms with E-state index in [0.29, 0.717) is 18.0 Å². The summed E-state index contributed by atoms with van der Waals surface area (Å²) in [4.78, 5) is 12.3. The van der Waals surface area contributed by atoms with Gasteiger partial charge in [0.05, 0.1) is 11.9 Å². The van der Waals surface area contributed by atoms with Crippen LogP contribution in [0.4, 0.5) is 5.82 Å². The van der Waals surface area contributed by atoms with E-state index >= 15 is 0 Å². The van der Waals surface area contributed by atoms with E-state index in [-0.39, 0.29) is 11.7 Å². The van der Waals surface area contributed by atoms with E-state index in [4.69, 9.17) is 0 Å². The van der Waals surface area contributed by atoms with Gasteiger partial charge in [-0.3, -0.25) is 9.89 Å². The Balaban J connectivity index is 2.80. The highest BCUT2D eigenvalue weighted by atomic mass is 32.2. The molecule has 1 rings (SSSR count). The zero-order chi connectivity index (χ0) is 15.9. The molecular weight excluding hydrogens is 312 g/mol. The number of rotatable bonds is 9. The van der Waals surface area contributed by atoms with E-state index in [1.54, 1.807) is 18.0 Å². The predicted octanol–water partition coefficient (Wildman–Crippen LogP) is 0.972. The molecule has 1 amide bonds. The lowest BCUT2D eigenvalue weighted by Gasteiger charge is -2.17. The number of aromatic nitrogens is 2. The molecule has 9 heteroatoms. The topological polar surface area (TPSA) is 104 Å². The van der Waals surface area contributed by atoms with E-state index in [1.807, 2.05) is 13.2 Å². The van der Waals surface area contributed by atoms with Crippen LogP contribution < -0.4 is 10.0 Å². The maximum Gasteiger partial charge on any atom is 0.243 e. The Bertz CT molecular complexity index is 557. The van der Waals surface area contributed by atoms with Gasteiger partial charge in [0.2, 0.25) is 15.9 Å². The van der Waals surface area contributed by atoms with Crippen LogP contribution in [0, 0.1) is 0 Å². The molecule has 0 radical (unpaired) electrons. The average Bonchev–Trinajstić information content (AvgIpc) is 2.90. The van der Waals surface area contributed by atoms with Crippen molar-refractivity contribution in [1.82, 2.24) is 14.9 Å². The Hall–Kier alpha value is -1.06. The normalized spacial score (nSPS) is 13.1. The molecule has 1 aromatic rings. The summed E-state index contributed by atoms with van der Waals surface area (Å²) in [5.74, 6) is 0.779. The SMILES string of the molecule is CCc1cn[nH]c1NC(=O)C(CCSC)NS(=O)(=O)CC. The molecule has 0 aliphatic rings. The summed E-state index contributed by atoms with van der Waals surface area (Å²) in [6, 6.07) is -0.782. The third kappa shape index (κ3) is 5.68. The standard InChI is InChI=1S/C12H22N4O3S2/c1-4-9-8-13-15-11(9)14-12(17)10(6-7-20-3)16-21(18,19)5-2/h8,10,16H,4-7H2,1-3H3,(H2,13,14,15,17). The molecular formula is C12H22N4O3S2. The van der Waals surface area contributed by atoms with Crippen LogP contribution in [0.2, 0.25) is 0 Å². The maximum absolute atomic E-state index is 12.3. The average molecular weight is 334 g/mol. The van der Waals surface area contributed by atoms with Crippen molar-refractivity contribution in [3.63, 3.8) is 0 Å². The first-order valence-corrected chi connectivity index (χ1v) is 9.80. The minimum Gasteiger partial charge on any atom is -0.309 e. The molecule has 21 heavy (non-hydrogen) atoms. The lowest BCUT2D eigenvalue weighted by Crippen LogP contribution is -2.44. The smallest absolute Gasteiger partial charge is 0.243 e. The Kier molecular flexibility index (Phi) is 7.20. The fraction of sp³-hybridized carbons (Fsp3) is 0.667. The van der Waals surface area contributed by atoms with E-state index in [2.05, 4.69) is 20.2 Å². The molecule has 0 spiro atoms. The number of aryl methyl sites for hydroxylation is 1. The Morgan fingerprint density at radius 2 is 2.19 bits per heavy atom. The van der Waals surface area contributed by atoms with Gasteiger partial charge in [0.25, 0.3) is 0 Å². The van der Waals surface area contributed by atoms with Crippen LogP contribution >= 0.6 is 11.8 Å². The summed E-state index contributed by atoms with van der Waals surface area (Å²) in [5.41, 5.74) is 0.880. The van der Waals surface area contributed by atoms with Crippen molar-refractivity contribution in [3.05, 3.63) is 11.8 Å². The van der Waals surface area contributed by atoms with Crippen molar-refractivity contribution in [2.24, 2.45) is 0 Å². The summed E-state index contributed by atoms with van der Waals surface area (Å²) in [6.45, 7) is 3.49. The van der Waals surface area contributed by atoms with E-state index < -0.39 is 16.1 Å². The van der Waals surface area contributed by atoms with Crippen LogP contribution in [0.25, 0.3) is 0 Å². The highest BCUT2D eigenvalue weighted by molar-refractivity contribution is 7.98. The van der Waals surface area contributed by atoms with Gasteiger partial charge in [-0.25, -0.2) is 13.1 Å². The number of carbonyl (C=O) groups excluding carboxylic acids is 1. The number of amides is 1. The van der Waals surface area contributed by atoms with E-state index in [0.717, 1.165) is 12.0 Å². The molecule has 0 saturated carbocycles. The van der Waals surface area contributed by atoms with Gasteiger partial charge in [0, 0.05) is 5.56 Å². The van der Waals surface area contributed by atoms with Crippen molar-refractivity contribution in [2.75, 3.05) is 23.1 Å². The summed E-state index contributed by atoms with van der Waals surface area (Å²) < 4.78 is 25.8. The van der Waals surface area contributed by atoms with Gasteiger partial charge in [-0.05, 0) is 31.8 Å². The quantitative estimate of drug-likeness (QED) is 0.624. The minimum absolute atomic E-state index is 0.0552. The second-order valence-corrected chi connectivity index (χ2v) is 7.50. The van der Waals surface area contributed by atoms with Crippen molar-refractivity contribution in [1.29, 1.82) is 0 Å². The molecule has 1 heterocycles. The number of hydrogen-bond acceptors (Lipinski definition) is 5. The number of H-pyrrole nitrogens is 1. The first-order chi connectivity index (χ1) is 9.93. The number of thioether (sulfide) groups is 1. The third-order valence-electron chi connectivity index (χ3n) is 2.98. The Morgan fingerprint density at radius 1 is 1.48 bits per heavy atom. The minimum atomic E-state index is -3.43. The zero-order valence-electron chi connectivity index (χ0n) is 12.5. The molecule has 7 nitrogen and oxygen atoms in total. The van der Waals surface area contributed by atoms with Crippen molar-refractivity contribution in [2.45, 2.75) is 32.7 Å². The lowest BCUT2D eigenvalue weighted by atomic mass is 10.2. The van der Waals surface area contributed by atoms with Gasteiger partial charge in [0.15, 0.2) is 0 Å². The molecule has 120 valence electrons. The van der Waals surface area contributed by atoms with Gasteiger partial charge in [-0.1, -0.05) is 6.92 Å². The number of aromatic amines is 1. The summed E-state index contributed by atoms with van der Waals surface area (Å²) in [6.07, 6.45) is 4.71. The molecule has 0 aliphatic heterocycles. The van der Waals surface area contributed by atoms with E-state index in [9.17, 15) is 13.2 Å². The fourth-order valence-electron chi connectivity index (χ4n) is 1.68. The number of anilines is 1. The highest BCUT2D eigenvalue weighted by Gasteiger charge is 2.24. The first kappa shape index (κ1) is 18.0. The Morgan fingerprint density at radius 3 is 2.76 bits per heavy atom. The van der Waals surface area contributed by atoms with Crippen LogP contribution in [-0.2, 0) is 21.2 Å². The van der Waals surface area contributed by atoms with Gasteiger partial charge in [-0.15, -0.1) is 0 Å². The summed E-state index contributed by atoms with van der Waals surface area (Å²) >= 11 is 1.56. The maximum atomic E-state index is 12.3. The van der Waals surface area contributed by atoms with Gasteiger partial charge >= 0.3 is 0 Å². The highest BCUT2D eigenvalue weighted by Crippen LogP contribution is 2.13. The number of sulfonamides is 1. The third-order valence-corrected chi connectivity index (χ3v) is 5.02. The Labute approximate surface area is 129 Å². The van der Waals surface area contributed by atoms with Crippen molar-refractivity contribution < 1.29 is 13.2 Å². The number of hydrogen-bond donors (Lipinski definition) is 3. The van der Waals surface area contributed by atoms with Gasteiger partial charge in [0.1, 0.15) is 11.9 Å². The van der Waals surface area contributed by atoms with Gasteiger partial charge in [-0.2, -0.15) is 16.9 Å².